The van der Waals surface area contributed by atoms with Crippen LogP contribution in [0.4, 0.5) is 0 Å². The summed E-state index contributed by atoms with van der Waals surface area (Å²) in [5.41, 5.74) is 0.339. The molecule has 1 fully saturated rings. The average molecular weight is 483 g/mol. The van der Waals surface area contributed by atoms with Crippen LogP contribution in [0.15, 0.2) is 40.0 Å². The number of carbonyl (C=O) groups excluding carboxylic acids is 1. The largest absolute Gasteiger partial charge is 0.361 e. The lowest BCUT2D eigenvalue weighted by Gasteiger charge is -2.36. The van der Waals surface area contributed by atoms with Crippen molar-refractivity contribution in [2.24, 2.45) is 5.92 Å². The third kappa shape index (κ3) is 6.99. The summed E-state index contributed by atoms with van der Waals surface area (Å²) in [7, 11) is 0. The summed E-state index contributed by atoms with van der Waals surface area (Å²) in [5.74, 6) is 0.615. The monoisotopic (exact) mass is 483 g/mol. The van der Waals surface area contributed by atoms with Gasteiger partial charge in [0, 0.05) is 16.2 Å². The van der Waals surface area contributed by atoms with Crippen molar-refractivity contribution in [1.29, 1.82) is 0 Å². The summed E-state index contributed by atoms with van der Waals surface area (Å²) in [4.78, 5) is 14.4. The Balaban J connectivity index is 1.99. The molecule has 1 aromatic carbocycles. The summed E-state index contributed by atoms with van der Waals surface area (Å²) in [6.07, 6.45) is 9.33. The van der Waals surface area contributed by atoms with E-state index < -0.39 is 5.60 Å². The lowest BCUT2D eigenvalue weighted by Crippen LogP contribution is -2.51. The molecule has 0 spiro atoms. The fourth-order valence-corrected chi connectivity index (χ4v) is 4.90. The van der Waals surface area contributed by atoms with Crippen molar-refractivity contribution in [2.75, 3.05) is 13.1 Å². The fourth-order valence-electron chi connectivity index (χ4n) is 3.85. The van der Waals surface area contributed by atoms with E-state index in [1.807, 2.05) is 37.3 Å². The SMILES string of the molecule is CCCC[C@@H](C)/C=C(/I)CN1CCC[C@H]1[C@](C)(C=O)OCc1ccccc1. The standard InChI is InChI=1S/C23H34INO2/c1-4-5-10-19(2)15-21(24)16-25-14-9-13-22(25)23(3,18-26)27-17-20-11-7-6-8-12-20/h6-8,11-12,15,18-19,22H,4-5,9-10,13-14,16-17H2,1-3H3/b21-15+/t19-,22+,23+/m1/s1. The highest BCUT2D eigenvalue weighted by atomic mass is 127. The second-order valence-corrected chi connectivity index (χ2v) is 9.32. The van der Waals surface area contributed by atoms with Crippen LogP contribution in [0.5, 0.6) is 0 Å². The number of halogens is 1. The van der Waals surface area contributed by atoms with E-state index in [4.69, 9.17) is 4.74 Å². The highest BCUT2D eigenvalue weighted by molar-refractivity contribution is 14.1. The smallest absolute Gasteiger partial charge is 0.153 e. The Morgan fingerprint density at radius 3 is 2.81 bits per heavy atom. The van der Waals surface area contributed by atoms with Gasteiger partial charge in [0.2, 0.25) is 0 Å². The Kier molecular flexibility index (Phi) is 9.46. The fraction of sp³-hybridized carbons (Fsp3) is 0.609. The van der Waals surface area contributed by atoms with Gasteiger partial charge >= 0.3 is 0 Å². The van der Waals surface area contributed by atoms with Gasteiger partial charge < -0.3 is 9.53 Å². The molecule has 0 aliphatic carbocycles. The summed E-state index contributed by atoms with van der Waals surface area (Å²) in [5, 5.41) is 0. The van der Waals surface area contributed by atoms with Gasteiger partial charge in [0.25, 0.3) is 0 Å². The number of aldehydes is 1. The molecule has 0 saturated carbocycles. The number of carbonyl (C=O) groups is 1. The van der Waals surface area contributed by atoms with Gasteiger partial charge in [-0.1, -0.05) is 63.1 Å². The van der Waals surface area contributed by atoms with E-state index in [1.54, 1.807) is 0 Å². The number of allylic oxidation sites excluding steroid dienone is 1. The van der Waals surface area contributed by atoms with Crippen molar-refractivity contribution in [2.45, 2.75) is 71.1 Å². The maximum atomic E-state index is 12.0. The summed E-state index contributed by atoms with van der Waals surface area (Å²) >= 11 is 2.47. The Morgan fingerprint density at radius 2 is 2.15 bits per heavy atom. The van der Waals surface area contributed by atoms with E-state index in [9.17, 15) is 4.79 Å². The zero-order valence-corrected chi connectivity index (χ0v) is 19.2. The number of hydrogen-bond acceptors (Lipinski definition) is 3. The first-order chi connectivity index (χ1) is 13.0. The maximum absolute atomic E-state index is 12.0. The van der Waals surface area contributed by atoms with Crippen LogP contribution < -0.4 is 0 Å². The third-order valence-corrected chi connectivity index (χ3v) is 6.19. The number of rotatable bonds is 11. The van der Waals surface area contributed by atoms with Crippen molar-refractivity contribution >= 4 is 28.9 Å². The molecule has 0 amide bonds. The van der Waals surface area contributed by atoms with Gasteiger partial charge in [-0.05, 0) is 66.8 Å². The molecule has 1 aliphatic heterocycles. The molecule has 1 aromatic rings. The van der Waals surface area contributed by atoms with E-state index in [2.05, 4.69) is 47.4 Å². The second-order valence-electron chi connectivity index (χ2n) is 7.94. The zero-order chi connectivity index (χ0) is 19.7. The predicted molar refractivity (Wildman–Crippen MR) is 121 cm³/mol. The normalized spacial score (nSPS) is 21.8. The van der Waals surface area contributed by atoms with Gasteiger partial charge in [-0.3, -0.25) is 4.90 Å². The molecular weight excluding hydrogens is 449 g/mol. The molecular formula is C23H34INO2. The highest BCUT2D eigenvalue weighted by Gasteiger charge is 2.41. The number of likely N-dealkylation sites (tertiary alicyclic amines) is 1. The lowest BCUT2D eigenvalue weighted by molar-refractivity contribution is -0.139. The highest BCUT2D eigenvalue weighted by Crippen LogP contribution is 2.31. The summed E-state index contributed by atoms with van der Waals surface area (Å²) in [6, 6.07) is 10.2. The van der Waals surface area contributed by atoms with Crippen LogP contribution in [-0.4, -0.2) is 35.9 Å². The number of benzene rings is 1. The molecule has 2 rings (SSSR count). The van der Waals surface area contributed by atoms with E-state index in [-0.39, 0.29) is 6.04 Å². The van der Waals surface area contributed by atoms with Gasteiger partial charge in [0.15, 0.2) is 6.29 Å². The Morgan fingerprint density at radius 1 is 1.41 bits per heavy atom. The summed E-state index contributed by atoms with van der Waals surface area (Å²) < 4.78 is 7.54. The van der Waals surface area contributed by atoms with Crippen molar-refractivity contribution in [3.8, 4) is 0 Å². The average Bonchev–Trinajstić information content (AvgIpc) is 3.14. The minimum atomic E-state index is -0.767. The van der Waals surface area contributed by atoms with Crippen molar-refractivity contribution < 1.29 is 9.53 Å². The van der Waals surface area contributed by atoms with Crippen LogP contribution in [0.25, 0.3) is 0 Å². The topological polar surface area (TPSA) is 29.5 Å². The molecule has 1 saturated heterocycles. The number of ether oxygens (including phenoxy) is 1. The quantitative estimate of drug-likeness (QED) is 0.296. The molecule has 1 heterocycles. The first-order valence-electron chi connectivity index (χ1n) is 10.2. The van der Waals surface area contributed by atoms with E-state index >= 15 is 0 Å². The third-order valence-electron chi connectivity index (χ3n) is 5.48. The predicted octanol–water partition coefficient (Wildman–Crippen LogP) is 5.77. The minimum Gasteiger partial charge on any atom is -0.361 e. The van der Waals surface area contributed by atoms with Crippen molar-refractivity contribution in [3.63, 3.8) is 0 Å². The van der Waals surface area contributed by atoms with E-state index in [1.165, 1.54) is 22.8 Å². The van der Waals surface area contributed by atoms with Crippen LogP contribution >= 0.6 is 22.6 Å². The van der Waals surface area contributed by atoms with Gasteiger partial charge in [-0.25, -0.2) is 0 Å². The molecule has 4 heteroatoms. The molecule has 1 aliphatic rings. The first kappa shape index (κ1) is 22.6. The van der Waals surface area contributed by atoms with E-state index in [0.29, 0.717) is 12.5 Å². The molecule has 150 valence electrons. The summed E-state index contributed by atoms with van der Waals surface area (Å²) in [6.45, 7) is 8.92. The van der Waals surface area contributed by atoms with Crippen molar-refractivity contribution in [3.05, 3.63) is 45.6 Å². The Bertz CT molecular complexity index is 604. The van der Waals surface area contributed by atoms with Crippen LogP contribution in [0.1, 0.15) is 58.4 Å². The number of hydrogen-bond donors (Lipinski definition) is 0. The van der Waals surface area contributed by atoms with Crippen molar-refractivity contribution in [1.82, 2.24) is 4.90 Å². The van der Waals surface area contributed by atoms with Crippen LogP contribution in [0.2, 0.25) is 0 Å². The van der Waals surface area contributed by atoms with Gasteiger partial charge in [-0.15, -0.1) is 0 Å². The van der Waals surface area contributed by atoms with Gasteiger partial charge in [0.1, 0.15) is 5.60 Å². The van der Waals surface area contributed by atoms with Crippen LogP contribution in [0.3, 0.4) is 0 Å². The van der Waals surface area contributed by atoms with Crippen LogP contribution in [0, 0.1) is 5.92 Å². The molecule has 3 nitrogen and oxygen atoms in total. The molecule has 0 radical (unpaired) electrons. The number of nitrogens with zero attached hydrogens (tertiary/aromatic N) is 1. The molecule has 0 N–H and O–H groups in total. The molecule has 3 atom stereocenters. The molecule has 27 heavy (non-hydrogen) atoms. The van der Waals surface area contributed by atoms with Crippen LogP contribution in [-0.2, 0) is 16.1 Å². The van der Waals surface area contributed by atoms with Gasteiger partial charge in [0.05, 0.1) is 6.61 Å². The molecule has 0 bridgehead atoms. The van der Waals surface area contributed by atoms with Gasteiger partial charge in [-0.2, -0.15) is 0 Å². The minimum absolute atomic E-state index is 0.142. The zero-order valence-electron chi connectivity index (χ0n) is 17.0. The Hall–Kier alpha value is -0.720. The maximum Gasteiger partial charge on any atom is 0.153 e. The second kappa shape index (κ2) is 11.3. The first-order valence-corrected chi connectivity index (χ1v) is 11.3. The number of unbranched alkanes of at least 4 members (excludes halogenated alkanes) is 1. The molecule has 0 unspecified atom stereocenters. The molecule has 0 aromatic heterocycles. The Labute approximate surface area is 178 Å². The van der Waals surface area contributed by atoms with E-state index in [0.717, 1.165) is 37.8 Å². The lowest BCUT2D eigenvalue weighted by atomic mass is 9.95.